The average Bonchev–Trinajstić information content (AvgIpc) is 2.45. The van der Waals surface area contributed by atoms with Crippen molar-refractivity contribution < 1.29 is 18.7 Å². The minimum atomic E-state index is -0.588. The molecule has 110 valence electrons. The molecule has 0 saturated carbocycles. The van der Waals surface area contributed by atoms with Crippen molar-refractivity contribution >= 4 is 23.4 Å². The number of Topliss-reactive ketones (excluding diaryl/α,β-unsaturated/α-hetero) is 1. The Morgan fingerprint density at radius 1 is 1.40 bits per heavy atom. The maximum Gasteiger partial charge on any atom is 0.306 e. The van der Waals surface area contributed by atoms with Crippen LogP contribution in [-0.4, -0.2) is 24.2 Å². The van der Waals surface area contributed by atoms with Crippen LogP contribution in [0.2, 0.25) is 0 Å². The summed E-state index contributed by atoms with van der Waals surface area (Å²) in [6.07, 6.45) is 0.367. The lowest BCUT2D eigenvalue weighted by atomic mass is 9.94. The lowest BCUT2D eigenvalue weighted by Crippen LogP contribution is -2.13. The maximum atomic E-state index is 14.3. The molecule has 3 nitrogen and oxygen atoms in total. The molecule has 0 fully saturated rings. The molecule has 0 aliphatic rings. The van der Waals surface area contributed by atoms with E-state index in [1.807, 2.05) is 0 Å². The van der Waals surface area contributed by atoms with Crippen molar-refractivity contribution in [3.63, 3.8) is 0 Å². The monoisotopic (exact) mass is 300 g/mol. The Bertz CT molecular complexity index is 488. The SMILES string of the molecule is CCOC(=O)CCc1cccc(C(C)C(=O)CCl)c1F. The molecule has 5 heteroatoms. The van der Waals surface area contributed by atoms with E-state index in [2.05, 4.69) is 0 Å². The molecule has 0 aliphatic heterocycles. The zero-order valence-corrected chi connectivity index (χ0v) is 12.4. The van der Waals surface area contributed by atoms with Gasteiger partial charge in [0.15, 0.2) is 5.78 Å². The lowest BCUT2D eigenvalue weighted by molar-refractivity contribution is -0.143. The van der Waals surface area contributed by atoms with E-state index in [9.17, 15) is 14.0 Å². The van der Waals surface area contributed by atoms with E-state index >= 15 is 0 Å². The van der Waals surface area contributed by atoms with Crippen LogP contribution in [0.1, 0.15) is 37.3 Å². The Morgan fingerprint density at radius 3 is 2.70 bits per heavy atom. The van der Waals surface area contributed by atoms with Gasteiger partial charge in [0.2, 0.25) is 0 Å². The standard InChI is InChI=1S/C15H18ClFO3/c1-3-20-14(19)8-7-11-5-4-6-12(15(11)17)10(2)13(18)9-16/h4-6,10H,3,7-9H2,1-2H3. The van der Waals surface area contributed by atoms with Gasteiger partial charge in [0.05, 0.1) is 12.5 Å². The summed E-state index contributed by atoms with van der Waals surface area (Å²) >= 11 is 5.49. The average molecular weight is 301 g/mol. The predicted octanol–water partition coefficient (Wildman–Crippen LogP) is 3.23. The number of hydrogen-bond donors (Lipinski definition) is 0. The van der Waals surface area contributed by atoms with Crippen LogP contribution in [0.4, 0.5) is 4.39 Å². The highest BCUT2D eigenvalue weighted by molar-refractivity contribution is 6.28. The molecule has 1 aromatic rings. The van der Waals surface area contributed by atoms with Crippen LogP contribution in [0, 0.1) is 5.82 Å². The molecule has 0 saturated heterocycles. The topological polar surface area (TPSA) is 43.4 Å². The smallest absolute Gasteiger partial charge is 0.306 e. The van der Waals surface area contributed by atoms with Crippen LogP contribution in [0.5, 0.6) is 0 Å². The van der Waals surface area contributed by atoms with Gasteiger partial charge in [-0.1, -0.05) is 25.1 Å². The second-order valence-electron chi connectivity index (χ2n) is 4.45. The number of carbonyl (C=O) groups excluding carboxylic acids is 2. The van der Waals surface area contributed by atoms with Crippen LogP contribution in [-0.2, 0) is 20.7 Å². The summed E-state index contributed by atoms with van der Waals surface area (Å²) in [7, 11) is 0. The van der Waals surface area contributed by atoms with Gasteiger partial charge in [-0.25, -0.2) is 4.39 Å². The van der Waals surface area contributed by atoms with Crippen LogP contribution in [0.25, 0.3) is 0 Å². The molecule has 1 atom stereocenters. The highest BCUT2D eigenvalue weighted by Crippen LogP contribution is 2.23. The van der Waals surface area contributed by atoms with Gasteiger partial charge in [-0.3, -0.25) is 9.59 Å². The fourth-order valence-electron chi connectivity index (χ4n) is 1.89. The van der Waals surface area contributed by atoms with Gasteiger partial charge in [-0.2, -0.15) is 0 Å². The largest absolute Gasteiger partial charge is 0.466 e. The third-order valence-corrected chi connectivity index (χ3v) is 3.36. The Hall–Kier alpha value is -1.42. The molecule has 0 heterocycles. The third kappa shape index (κ3) is 4.30. The summed E-state index contributed by atoms with van der Waals surface area (Å²) in [4.78, 5) is 22.8. The van der Waals surface area contributed by atoms with E-state index in [1.165, 1.54) is 0 Å². The van der Waals surface area contributed by atoms with Crippen LogP contribution in [0.3, 0.4) is 0 Å². The van der Waals surface area contributed by atoms with Gasteiger partial charge in [0.25, 0.3) is 0 Å². The number of halogens is 2. The minimum Gasteiger partial charge on any atom is -0.466 e. The number of benzene rings is 1. The van der Waals surface area contributed by atoms with Gasteiger partial charge in [0, 0.05) is 12.3 Å². The van der Waals surface area contributed by atoms with Crippen molar-refractivity contribution in [2.45, 2.75) is 32.6 Å². The number of ketones is 1. The van der Waals surface area contributed by atoms with Gasteiger partial charge < -0.3 is 4.74 Å². The molecular formula is C15H18ClFO3. The number of ether oxygens (including phenoxy) is 1. The highest BCUT2D eigenvalue weighted by Gasteiger charge is 2.19. The predicted molar refractivity (Wildman–Crippen MR) is 75.5 cm³/mol. The fraction of sp³-hybridized carbons (Fsp3) is 0.467. The molecule has 1 unspecified atom stereocenters. The molecule has 0 spiro atoms. The van der Waals surface area contributed by atoms with E-state index in [4.69, 9.17) is 16.3 Å². The number of hydrogen-bond acceptors (Lipinski definition) is 3. The van der Waals surface area contributed by atoms with Gasteiger partial charge in [-0.05, 0) is 24.5 Å². The molecule has 0 aromatic heterocycles. The number of esters is 1. The summed E-state index contributed by atoms with van der Waals surface area (Å²) in [6, 6.07) is 4.85. The first-order valence-corrected chi connectivity index (χ1v) is 7.06. The number of carbonyl (C=O) groups is 2. The maximum absolute atomic E-state index is 14.3. The van der Waals surface area contributed by atoms with Crippen molar-refractivity contribution in [1.82, 2.24) is 0 Å². The first-order valence-electron chi connectivity index (χ1n) is 6.52. The minimum absolute atomic E-state index is 0.117. The Morgan fingerprint density at radius 2 is 2.10 bits per heavy atom. The first-order chi connectivity index (χ1) is 9.51. The van der Waals surface area contributed by atoms with Crippen LogP contribution < -0.4 is 0 Å². The zero-order valence-electron chi connectivity index (χ0n) is 11.6. The summed E-state index contributed by atoms with van der Waals surface area (Å²) in [5.74, 6) is -1.76. The zero-order chi connectivity index (χ0) is 15.1. The van der Waals surface area contributed by atoms with Crippen molar-refractivity contribution in [3.8, 4) is 0 Å². The van der Waals surface area contributed by atoms with Crippen LogP contribution >= 0.6 is 11.6 Å². The lowest BCUT2D eigenvalue weighted by Gasteiger charge is -2.13. The Labute approximate surface area is 123 Å². The molecule has 0 aliphatic carbocycles. The van der Waals surface area contributed by atoms with E-state index in [1.54, 1.807) is 32.0 Å². The van der Waals surface area contributed by atoms with E-state index < -0.39 is 11.7 Å². The summed E-state index contributed by atoms with van der Waals surface area (Å²) in [5.41, 5.74) is 0.724. The molecule has 0 bridgehead atoms. The number of aryl methyl sites for hydroxylation is 1. The van der Waals surface area contributed by atoms with Gasteiger partial charge >= 0.3 is 5.97 Å². The highest BCUT2D eigenvalue weighted by atomic mass is 35.5. The molecule has 1 rings (SSSR count). The quantitative estimate of drug-likeness (QED) is 0.573. The molecule has 1 aromatic carbocycles. The summed E-state index contributed by atoms with van der Waals surface area (Å²) in [6.45, 7) is 3.65. The molecule has 0 N–H and O–H groups in total. The van der Waals surface area contributed by atoms with Crippen molar-refractivity contribution in [3.05, 3.63) is 35.1 Å². The Kier molecular flexibility index (Phi) is 6.65. The molecule has 0 radical (unpaired) electrons. The van der Waals surface area contributed by atoms with Gasteiger partial charge in [-0.15, -0.1) is 11.6 Å². The summed E-state index contributed by atoms with van der Waals surface area (Å²) in [5, 5.41) is 0. The van der Waals surface area contributed by atoms with Gasteiger partial charge in [0.1, 0.15) is 5.82 Å². The van der Waals surface area contributed by atoms with Crippen molar-refractivity contribution in [2.75, 3.05) is 12.5 Å². The van der Waals surface area contributed by atoms with E-state index in [0.29, 0.717) is 17.7 Å². The van der Waals surface area contributed by atoms with Crippen molar-refractivity contribution in [1.29, 1.82) is 0 Å². The second-order valence-corrected chi connectivity index (χ2v) is 4.71. The number of rotatable bonds is 7. The first kappa shape index (κ1) is 16.6. The Balaban J connectivity index is 2.84. The third-order valence-electron chi connectivity index (χ3n) is 3.09. The van der Waals surface area contributed by atoms with E-state index in [-0.39, 0.29) is 30.5 Å². The number of alkyl halides is 1. The molecule has 0 amide bonds. The fourth-order valence-corrected chi connectivity index (χ4v) is 2.12. The summed E-state index contributed by atoms with van der Waals surface area (Å²) < 4.78 is 19.1. The second kappa shape index (κ2) is 8.00. The van der Waals surface area contributed by atoms with Crippen LogP contribution in [0.15, 0.2) is 18.2 Å². The molecular weight excluding hydrogens is 283 g/mol. The van der Waals surface area contributed by atoms with Crippen molar-refractivity contribution in [2.24, 2.45) is 0 Å². The van der Waals surface area contributed by atoms with E-state index in [0.717, 1.165) is 0 Å². The molecule has 20 heavy (non-hydrogen) atoms. The normalized spacial score (nSPS) is 12.0.